The maximum Gasteiger partial charge on any atom is 0.125 e. The third kappa shape index (κ3) is 1.84. The van der Waals surface area contributed by atoms with Gasteiger partial charge in [-0.1, -0.05) is 33.8 Å². The number of hydrogen-bond donors (Lipinski definition) is 0. The van der Waals surface area contributed by atoms with Crippen LogP contribution >= 0.6 is 0 Å². The van der Waals surface area contributed by atoms with Crippen molar-refractivity contribution in [1.82, 2.24) is 0 Å². The first-order valence-electron chi connectivity index (χ1n) is 4.93. The van der Waals surface area contributed by atoms with E-state index >= 15 is 0 Å². The van der Waals surface area contributed by atoms with Gasteiger partial charge in [-0.2, -0.15) is 0 Å². The van der Waals surface area contributed by atoms with Gasteiger partial charge >= 0.3 is 0 Å². The van der Waals surface area contributed by atoms with Crippen LogP contribution in [0.25, 0.3) is 0 Å². The third-order valence-corrected chi connectivity index (χ3v) is 3.05. The summed E-state index contributed by atoms with van der Waals surface area (Å²) in [5.74, 6) is 0.317. The molecule has 0 bridgehead atoms. The maximum absolute atomic E-state index is 13.8. The van der Waals surface area contributed by atoms with Gasteiger partial charge in [0.25, 0.3) is 0 Å². The van der Waals surface area contributed by atoms with E-state index in [-0.39, 0.29) is 11.2 Å². The largest absolute Gasteiger partial charge is 0.207 e. The summed E-state index contributed by atoms with van der Waals surface area (Å²) in [6.45, 7) is 10.2. The Bertz CT molecular complexity index is 267. The minimum absolute atomic E-state index is 0.00245. The minimum atomic E-state index is 0.00245. The van der Waals surface area contributed by atoms with Gasteiger partial charge in [0.1, 0.15) is 5.83 Å². The first-order chi connectivity index (χ1) is 5.86. The molecule has 0 atom stereocenters. The normalized spacial score (nSPS) is 22.2. The van der Waals surface area contributed by atoms with E-state index in [1.165, 1.54) is 0 Å². The van der Waals surface area contributed by atoms with Gasteiger partial charge in [-0.05, 0) is 35.8 Å². The van der Waals surface area contributed by atoms with E-state index in [0.29, 0.717) is 5.92 Å². The molecule has 0 N–H and O–H groups in total. The van der Waals surface area contributed by atoms with Crippen LogP contribution in [-0.4, -0.2) is 0 Å². The molecule has 0 aromatic heterocycles. The van der Waals surface area contributed by atoms with E-state index in [9.17, 15) is 4.39 Å². The molecule has 13 heavy (non-hydrogen) atoms. The number of allylic oxidation sites excluding steroid dienone is 4. The van der Waals surface area contributed by atoms with Crippen LogP contribution in [0.2, 0.25) is 0 Å². The highest BCUT2D eigenvalue weighted by Crippen LogP contribution is 2.41. The molecule has 1 aliphatic rings. The lowest BCUT2D eigenvalue weighted by atomic mass is 9.75. The molecule has 0 radical (unpaired) electrons. The first kappa shape index (κ1) is 10.5. The summed E-state index contributed by atoms with van der Waals surface area (Å²) < 4.78 is 13.8. The molecule has 0 unspecified atom stereocenters. The zero-order valence-corrected chi connectivity index (χ0v) is 9.24. The molecule has 0 amide bonds. The number of hydrogen-bond acceptors (Lipinski definition) is 0. The van der Waals surface area contributed by atoms with Crippen molar-refractivity contribution >= 4 is 0 Å². The van der Waals surface area contributed by atoms with Gasteiger partial charge in [0, 0.05) is 0 Å². The zero-order chi connectivity index (χ0) is 10.2. The molecule has 1 aliphatic carbocycles. The van der Waals surface area contributed by atoms with Gasteiger partial charge < -0.3 is 0 Å². The topological polar surface area (TPSA) is 0 Å². The summed E-state index contributed by atoms with van der Waals surface area (Å²) in [5, 5.41) is 0. The van der Waals surface area contributed by atoms with Crippen molar-refractivity contribution in [3.8, 4) is 0 Å². The Morgan fingerprint density at radius 2 is 1.92 bits per heavy atom. The molecule has 0 spiro atoms. The van der Waals surface area contributed by atoms with Crippen LogP contribution in [0.4, 0.5) is 4.39 Å². The van der Waals surface area contributed by atoms with Crippen molar-refractivity contribution in [2.45, 2.75) is 41.0 Å². The molecule has 0 fully saturated rings. The molecule has 0 saturated heterocycles. The number of halogens is 1. The lowest BCUT2D eigenvalue weighted by molar-refractivity contribution is 0.411. The average molecular weight is 182 g/mol. The van der Waals surface area contributed by atoms with Gasteiger partial charge in [-0.3, -0.25) is 0 Å². The summed E-state index contributed by atoms with van der Waals surface area (Å²) in [5.41, 5.74) is 1.79. The van der Waals surface area contributed by atoms with Crippen molar-refractivity contribution in [1.29, 1.82) is 0 Å². The van der Waals surface area contributed by atoms with Gasteiger partial charge in [0.05, 0.1) is 0 Å². The predicted octanol–water partition coefficient (Wildman–Crippen LogP) is 4.24. The Kier molecular flexibility index (Phi) is 2.65. The molecular formula is C12H19F. The van der Waals surface area contributed by atoms with Crippen LogP contribution in [0.15, 0.2) is 23.0 Å². The highest BCUT2D eigenvalue weighted by molar-refractivity contribution is 5.37. The quantitative estimate of drug-likeness (QED) is 0.569. The molecule has 0 heterocycles. The standard InChI is InChI=1S/C12H19F/c1-8(2)10-6-7-12(4,5)9(3)11(10)13/h6,8H,7H2,1-5H3. The lowest BCUT2D eigenvalue weighted by Gasteiger charge is -2.30. The first-order valence-corrected chi connectivity index (χ1v) is 4.93. The Balaban J connectivity index is 3.06. The summed E-state index contributed by atoms with van der Waals surface area (Å²) >= 11 is 0. The van der Waals surface area contributed by atoms with Crippen LogP contribution in [0, 0.1) is 11.3 Å². The average Bonchev–Trinajstić information content (AvgIpc) is 2.00. The molecule has 0 aromatic rings. The Morgan fingerprint density at radius 1 is 1.38 bits per heavy atom. The van der Waals surface area contributed by atoms with Crippen LogP contribution in [0.1, 0.15) is 41.0 Å². The van der Waals surface area contributed by atoms with Gasteiger partial charge in [-0.25, -0.2) is 4.39 Å². The highest BCUT2D eigenvalue weighted by Gasteiger charge is 2.28. The molecule has 74 valence electrons. The van der Waals surface area contributed by atoms with Gasteiger partial charge in [-0.15, -0.1) is 0 Å². The monoisotopic (exact) mass is 182 g/mol. The van der Waals surface area contributed by atoms with E-state index in [4.69, 9.17) is 0 Å². The van der Waals surface area contributed by atoms with Crippen molar-refractivity contribution < 1.29 is 4.39 Å². The van der Waals surface area contributed by atoms with Gasteiger partial charge in [0.15, 0.2) is 0 Å². The highest BCUT2D eigenvalue weighted by atomic mass is 19.1. The molecule has 0 aromatic carbocycles. The summed E-state index contributed by atoms with van der Waals surface area (Å²) in [6.07, 6.45) is 3.01. The van der Waals surface area contributed by atoms with Gasteiger partial charge in [0.2, 0.25) is 0 Å². The molecule has 1 heteroatoms. The smallest absolute Gasteiger partial charge is 0.125 e. The second-order valence-corrected chi connectivity index (χ2v) is 4.84. The fourth-order valence-corrected chi connectivity index (χ4v) is 1.61. The van der Waals surface area contributed by atoms with E-state index in [1.807, 2.05) is 26.8 Å². The van der Waals surface area contributed by atoms with Crippen molar-refractivity contribution in [2.24, 2.45) is 11.3 Å². The Hall–Kier alpha value is -0.590. The van der Waals surface area contributed by atoms with Crippen LogP contribution in [0.3, 0.4) is 0 Å². The van der Waals surface area contributed by atoms with E-state index < -0.39 is 0 Å². The second kappa shape index (κ2) is 3.28. The molecule has 0 nitrogen and oxygen atoms in total. The summed E-state index contributed by atoms with van der Waals surface area (Å²) in [7, 11) is 0. The van der Waals surface area contributed by atoms with E-state index in [1.54, 1.807) is 0 Å². The zero-order valence-electron chi connectivity index (χ0n) is 9.24. The third-order valence-electron chi connectivity index (χ3n) is 3.05. The summed E-state index contributed by atoms with van der Waals surface area (Å²) in [4.78, 5) is 0. The van der Waals surface area contributed by atoms with Crippen molar-refractivity contribution in [2.75, 3.05) is 0 Å². The van der Waals surface area contributed by atoms with Crippen LogP contribution < -0.4 is 0 Å². The SMILES string of the molecule is CC1=C(F)C(C(C)C)=CCC1(C)C. The molecule has 0 saturated carbocycles. The molecule has 1 rings (SSSR count). The Morgan fingerprint density at radius 3 is 2.38 bits per heavy atom. The summed E-state index contributed by atoms with van der Waals surface area (Å²) in [6, 6.07) is 0. The van der Waals surface area contributed by atoms with E-state index in [0.717, 1.165) is 17.6 Å². The predicted molar refractivity (Wildman–Crippen MR) is 55.1 cm³/mol. The van der Waals surface area contributed by atoms with Crippen molar-refractivity contribution in [3.63, 3.8) is 0 Å². The van der Waals surface area contributed by atoms with Crippen LogP contribution in [-0.2, 0) is 0 Å². The fourth-order valence-electron chi connectivity index (χ4n) is 1.61. The maximum atomic E-state index is 13.8. The van der Waals surface area contributed by atoms with Crippen LogP contribution in [0.5, 0.6) is 0 Å². The lowest BCUT2D eigenvalue weighted by Crippen LogP contribution is -2.18. The van der Waals surface area contributed by atoms with Crippen molar-refractivity contribution in [3.05, 3.63) is 23.0 Å². The fraction of sp³-hybridized carbons (Fsp3) is 0.667. The Labute approximate surface area is 80.5 Å². The molecular weight excluding hydrogens is 163 g/mol. The second-order valence-electron chi connectivity index (χ2n) is 4.84. The molecule has 0 aliphatic heterocycles. The number of rotatable bonds is 1. The van der Waals surface area contributed by atoms with E-state index in [2.05, 4.69) is 13.8 Å². The minimum Gasteiger partial charge on any atom is -0.207 e.